The van der Waals surface area contributed by atoms with Crippen molar-refractivity contribution < 1.29 is 5.11 Å². The van der Waals surface area contributed by atoms with Crippen LogP contribution in [-0.2, 0) is 13.6 Å². The number of nitrogens with one attached hydrogen (secondary N) is 1. The fourth-order valence-electron chi connectivity index (χ4n) is 2.03. The molecule has 0 aromatic carbocycles. The zero-order chi connectivity index (χ0) is 13.1. The summed E-state index contributed by atoms with van der Waals surface area (Å²) in [6, 6.07) is 2.40. The number of hydrogen-bond donors (Lipinski definition) is 2. The molecule has 0 bridgehead atoms. The minimum absolute atomic E-state index is 0.149. The standard InChI is InChI=1S/C13H25N3O/c1-10-8-11(16(5)15-10)9-14-12(6-7-17)13(2,3)4/h8,12,14,17H,6-7,9H2,1-5H3. The molecule has 0 spiro atoms. The summed E-state index contributed by atoms with van der Waals surface area (Å²) >= 11 is 0. The second-order valence-corrected chi connectivity index (χ2v) is 5.71. The minimum Gasteiger partial charge on any atom is -0.396 e. The molecule has 0 saturated carbocycles. The van der Waals surface area contributed by atoms with Crippen LogP contribution in [0.1, 0.15) is 38.6 Å². The van der Waals surface area contributed by atoms with Crippen molar-refractivity contribution in [2.24, 2.45) is 12.5 Å². The molecule has 4 nitrogen and oxygen atoms in total. The van der Waals surface area contributed by atoms with Gasteiger partial charge in [0.1, 0.15) is 0 Å². The fourth-order valence-corrected chi connectivity index (χ4v) is 2.03. The zero-order valence-corrected chi connectivity index (χ0v) is 11.6. The second-order valence-electron chi connectivity index (χ2n) is 5.71. The van der Waals surface area contributed by atoms with E-state index >= 15 is 0 Å². The van der Waals surface area contributed by atoms with Crippen LogP contribution in [0.25, 0.3) is 0 Å². The first-order valence-electron chi connectivity index (χ1n) is 6.18. The van der Waals surface area contributed by atoms with Crippen LogP contribution in [0.3, 0.4) is 0 Å². The van der Waals surface area contributed by atoms with Gasteiger partial charge in [-0.05, 0) is 24.8 Å². The summed E-state index contributed by atoms with van der Waals surface area (Å²) in [5.74, 6) is 0. The average Bonchev–Trinajstić information content (AvgIpc) is 2.50. The largest absolute Gasteiger partial charge is 0.396 e. The highest BCUT2D eigenvalue weighted by molar-refractivity contribution is 5.08. The van der Waals surface area contributed by atoms with E-state index < -0.39 is 0 Å². The number of rotatable bonds is 5. The Morgan fingerprint density at radius 2 is 2.12 bits per heavy atom. The molecule has 0 aliphatic carbocycles. The van der Waals surface area contributed by atoms with Gasteiger partial charge in [-0.25, -0.2) is 0 Å². The maximum atomic E-state index is 9.10. The van der Waals surface area contributed by atoms with Crippen molar-refractivity contribution in [3.05, 3.63) is 17.5 Å². The Bertz CT molecular complexity index is 352. The molecule has 0 radical (unpaired) electrons. The van der Waals surface area contributed by atoms with Crippen molar-refractivity contribution in [3.8, 4) is 0 Å². The molecule has 1 heterocycles. The summed E-state index contributed by atoms with van der Waals surface area (Å²) < 4.78 is 1.90. The van der Waals surface area contributed by atoms with Crippen molar-refractivity contribution >= 4 is 0 Å². The van der Waals surface area contributed by atoms with E-state index in [1.54, 1.807) is 0 Å². The normalized spacial score (nSPS) is 14.0. The Balaban J connectivity index is 2.61. The molecule has 98 valence electrons. The van der Waals surface area contributed by atoms with Crippen LogP contribution in [-0.4, -0.2) is 27.5 Å². The molecule has 1 unspecified atom stereocenters. The van der Waals surface area contributed by atoms with E-state index in [4.69, 9.17) is 5.11 Å². The van der Waals surface area contributed by atoms with E-state index in [0.29, 0.717) is 6.04 Å². The van der Waals surface area contributed by atoms with Gasteiger partial charge in [0.05, 0.1) is 11.4 Å². The first kappa shape index (κ1) is 14.2. The van der Waals surface area contributed by atoms with Crippen LogP contribution in [0.4, 0.5) is 0 Å². The van der Waals surface area contributed by atoms with Gasteiger partial charge in [-0.2, -0.15) is 5.10 Å². The lowest BCUT2D eigenvalue weighted by Crippen LogP contribution is -2.40. The van der Waals surface area contributed by atoms with Gasteiger partial charge in [-0.1, -0.05) is 20.8 Å². The molecule has 0 aliphatic heterocycles. The zero-order valence-electron chi connectivity index (χ0n) is 11.6. The molecule has 17 heavy (non-hydrogen) atoms. The summed E-state index contributed by atoms with van der Waals surface area (Å²) in [7, 11) is 1.96. The Kier molecular flexibility index (Phi) is 4.71. The molecule has 0 amide bonds. The summed E-state index contributed by atoms with van der Waals surface area (Å²) in [6.07, 6.45) is 0.778. The highest BCUT2D eigenvalue weighted by Gasteiger charge is 2.23. The van der Waals surface area contributed by atoms with E-state index in [-0.39, 0.29) is 12.0 Å². The lowest BCUT2D eigenvalue weighted by atomic mass is 9.85. The smallest absolute Gasteiger partial charge is 0.0597 e. The minimum atomic E-state index is 0.149. The topological polar surface area (TPSA) is 50.1 Å². The van der Waals surface area contributed by atoms with E-state index in [1.807, 2.05) is 18.7 Å². The average molecular weight is 239 g/mol. The highest BCUT2D eigenvalue weighted by Crippen LogP contribution is 2.22. The number of nitrogens with zero attached hydrogens (tertiary/aromatic N) is 2. The Labute approximate surface area is 104 Å². The third-order valence-corrected chi connectivity index (χ3v) is 3.09. The quantitative estimate of drug-likeness (QED) is 0.821. The van der Waals surface area contributed by atoms with E-state index in [9.17, 15) is 0 Å². The number of aromatic nitrogens is 2. The van der Waals surface area contributed by atoms with Gasteiger partial charge in [0.25, 0.3) is 0 Å². The highest BCUT2D eigenvalue weighted by atomic mass is 16.3. The van der Waals surface area contributed by atoms with Crippen molar-refractivity contribution in [1.82, 2.24) is 15.1 Å². The van der Waals surface area contributed by atoms with Crippen LogP contribution in [0.5, 0.6) is 0 Å². The van der Waals surface area contributed by atoms with Crippen LogP contribution in [0.15, 0.2) is 6.07 Å². The molecule has 1 rings (SSSR count). The molecule has 1 atom stereocenters. The first-order valence-corrected chi connectivity index (χ1v) is 6.18. The lowest BCUT2D eigenvalue weighted by molar-refractivity contribution is 0.195. The van der Waals surface area contributed by atoms with Gasteiger partial charge in [0.15, 0.2) is 0 Å². The van der Waals surface area contributed by atoms with Gasteiger partial charge >= 0.3 is 0 Å². The second kappa shape index (κ2) is 5.65. The maximum absolute atomic E-state index is 9.10. The van der Waals surface area contributed by atoms with Gasteiger partial charge < -0.3 is 10.4 Å². The summed E-state index contributed by atoms with van der Waals surface area (Å²) in [4.78, 5) is 0. The number of aryl methyl sites for hydroxylation is 2. The number of aliphatic hydroxyl groups is 1. The Morgan fingerprint density at radius 3 is 2.53 bits per heavy atom. The van der Waals surface area contributed by atoms with Gasteiger partial charge in [-0.3, -0.25) is 4.68 Å². The Hall–Kier alpha value is -0.870. The summed E-state index contributed by atoms with van der Waals surface area (Å²) in [5.41, 5.74) is 2.37. The number of aliphatic hydroxyl groups excluding tert-OH is 1. The molecule has 1 aromatic heterocycles. The SMILES string of the molecule is Cc1cc(CNC(CCO)C(C)(C)C)n(C)n1. The van der Waals surface area contributed by atoms with Crippen molar-refractivity contribution in [3.63, 3.8) is 0 Å². The molecule has 0 fully saturated rings. The molecular formula is C13H25N3O. The molecule has 0 saturated heterocycles. The third kappa shape index (κ3) is 4.13. The van der Waals surface area contributed by atoms with Crippen molar-refractivity contribution in [2.75, 3.05) is 6.61 Å². The summed E-state index contributed by atoms with van der Waals surface area (Å²) in [6.45, 7) is 9.58. The molecular weight excluding hydrogens is 214 g/mol. The summed E-state index contributed by atoms with van der Waals surface area (Å²) in [5, 5.41) is 16.9. The van der Waals surface area contributed by atoms with Crippen LogP contribution < -0.4 is 5.32 Å². The van der Waals surface area contributed by atoms with E-state index in [0.717, 1.165) is 18.7 Å². The Morgan fingerprint density at radius 1 is 1.47 bits per heavy atom. The van der Waals surface area contributed by atoms with E-state index in [1.165, 1.54) is 5.69 Å². The van der Waals surface area contributed by atoms with Crippen LogP contribution in [0.2, 0.25) is 0 Å². The number of hydrogen-bond acceptors (Lipinski definition) is 3. The van der Waals surface area contributed by atoms with Crippen LogP contribution in [0, 0.1) is 12.3 Å². The van der Waals surface area contributed by atoms with Crippen LogP contribution >= 0.6 is 0 Å². The third-order valence-electron chi connectivity index (χ3n) is 3.09. The van der Waals surface area contributed by atoms with Crippen molar-refractivity contribution in [2.45, 2.75) is 46.7 Å². The van der Waals surface area contributed by atoms with Gasteiger partial charge in [0, 0.05) is 26.2 Å². The molecule has 1 aromatic rings. The maximum Gasteiger partial charge on any atom is 0.0597 e. The van der Waals surface area contributed by atoms with Gasteiger partial charge in [0.2, 0.25) is 0 Å². The molecule has 0 aliphatic rings. The fraction of sp³-hybridized carbons (Fsp3) is 0.769. The lowest BCUT2D eigenvalue weighted by Gasteiger charge is -2.31. The predicted octanol–water partition coefficient (Wildman–Crippen LogP) is 1.62. The van der Waals surface area contributed by atoms with Gasteiger partial charge in [-0.15, -0.1) is 0 Å². The molecule has 4 heteroatoms. The first-order chi connectivity index (χ1) is 7.84. The van der Waals surface area contributed by atoms with Crippen molar-refractivity contribution in [1.29, 1.82) is 0 Å². The molecule has 2 N–H and O–H groups in total. The van der Waals surface area contributed by atoms with E-state index in [2.05, 4.69) is 37.3 Å². The predicted molar refractivity (Wildman–Crippen MR) is 69.7 cm³/mol. The monoisotopic (exact) mass is 239 g/mol.